The Morgan fingerprint density at radius 2 is 1.73 bits per heavy atom. The van der Waals surface area contributed by atoms with E-state index in [0.29, 0.717) is 32.1 Å². The Morgan fingerprint density at radius 3 is 2.47 bits per heavy atom. The average molecular weight is 405 g/mol. The Labute approximate surface area is 177 Å². The monoisotopic (exact) mass is 404 g/mol. The molecule has 3 N–H and O–H groups in total. The van der Waals surface area contributed by atoms with Crippen LogP contribution in [-0.2, 0) is 24.4 Å². The molecule has 0 aliphatic carbocycles. The molecule has 3 aromatic rings. The van der Waals surface area contributed by atoms with Gasteiger partial charge >= 0.3 is 0 Å². The zero-order valence-electron chi connectivity index (χ0n) is 17.2. The van der Waals surface area contributed by atoms with Gasteiger partial charge in [-0.2, -0.15) is 5.10 Å². The summed E-state index contributed by atoms with van der Waals surface area (Å²) in [6.45, 7) is 4.59. The first kappa shape index (κ1) is 21.1. The molecule has 0 bridgehead atoms. The Morgan fingerprint density at radius 1 is 0.967 bits per heavy atom. The van der Waals surface area contributed by atoms with Gasteiger partial charge < -0.3 is 16.0 Å². The summed E-state index contributed by atoms with van der Waals surface area (Å²) in [5.74, 6) is 0.532. The van der Waals surface area contributed by atoms with E-state index in [9.17, 15) is 4.79 Å². The minimum Gasteiger partial charge on any atom is -0.357 e. The van der Waals surface area contributed by atoms with Crippen LogP contribution in [0.2, 0.25) is 0 Å². The van der Waals surface area contributed by atoms with Crippen molar-refractivity contribution >= 4 is 11.9 Å². The minimum atomic E-state index is -0.0801. The molecule has 0 saturated heterocycles. The lowest BCUT2D eigenvalue weighted by molar-refractivity contribution is -0.120. The highest BCUT2D eigenvalue weighted by Crippen LogP contribution is 2.11. The number of carbonyl (C=O) groups is 1. The van der Waals surface area contributed by atoms with Gasteiger partial charge in [-0.1, -0.05) is 54.6 Å². The number of hydrogen-bond donors (Lipinski definition) is 3. The molecule has 3 rings (SSSR count). The van der Waals surface area contributed by atoms with Gasteiger partial charge in [-0.3, -0.25) is 9.48 Å². The summed E-state index contributed by atoms with van der Waals surface area (Å²) in [6.07, 6.45) is 3.72. The fourth-order valence-corrected chi connectivity index (χ4v) is 2.96. The predicted octanol–water partition coefficient (Wildman–Crippen LogP) is 2.30. The Kier molecular flexibility index (Phi) is 8.02. The summed E-state index contributed by atoms with van der Waals surface area (Å²) in [5.41, 5.74) is 3.36. The second kappa shape index (κ2) is 11.4. The van der Waals surface area contributed by atoms with Crippen molar-refractivity contribution in [1.29, 1.82) is 0 Å². The Hall–Kier alpha value is -3.61. The lowest BCUT2D eigenvalue weighted by Gasteiger charge is -2.13. The second-order valence-corrected chi connectivity index (χ2v) is 6.78. The Bertz CT molecular complexity index is 937. The van der Waals surface area contributed by atoms with E-state index in [0.717, 1.165) is 11.1 Å². The molecule has 2 aromatic carbocycles. The summed E-state index contributed by atoms with van der Waals surface area (Å²) in [4.78, 5) is 16.8. The summed E-state index contributed by atoms with van der Waals surface area (Å²) in [5, 5.41) is 13.5. The maximum Gasteiger partial charge on any atom is 0.239 e. The van der Waals surface area contributed by atoms with E-state index in [2.05, 4.69) is 38.2 Å². The number of nitrogens with zero attached hydrogens (tertiary/aromatic N) is 3. The van der Waals surface area contributed by atoms with Gasteiger partial charge in [-0.05, 0) is 29.7 Å². The van der Waals surface area contributed by atoms with Gasteiger partial charge in [-0.15, -0.1) is 0 Å². The van der Waals surface area contributed by atoms with Crippen LogP contribution in [0, 0.1) is 0 Å². The molecular formula is C23H28N6O. The molecule has 1 aromatic heterocycles. The molecule has 0 spiro atoms. The molecule has 0 aliphatic rings. The first-order valence-electron chi connectivity index (χ1n) is 10.1. The highest BCUT2D eigenvalue weighted by Gasteiger charge is 2.06. The third kappa shape index (κ3) is 6.77. The molecule has 0 aliphatic heterocycles. The molecule has 1 heterocycles. The smallest absolute Gasteiger partial charge is 0.239 e. The third-order valence-electron chi connectivity index (χ3n) is 4.51. The third-order valence-corrected chi connectivity index (χ3v) is 4.51. The van der Waals surface area contributed by atoms with Crippen LogP contribution in [0.4, 0.5) is 0 Å². The van der Waals surface area contributed by atoms with Gasteiger partial charge in [0.15, 0.2) is 5.96 Å². The molecule has 7 nitrogen and oxygen atoms in total. The first-order chi connectivity index (χ1) is 14.7. The van der Waals surface area contributed by atoms with E-state index in [1.165, 1.54) is 5.56 Å². The van der Waals surface area contributed by atoms with E-state index >= 15 is 0 Å². The quantitative estimate of drug-likeness (QED) is 0.378. The maximum atomic E-state index is 12.2. The number of amides is 1. The lowest BCUT2D eigenvalue weighted by Crippen LogP contribution is -2.43. The van der Waals surface area contributed by atoms with E-state index in [1.54, 1.807) is 6.20 Å². The van der Waals surface area contributed by atoms with E-state index in [-0.39, 0.29) is 12.5 Å². The van der Waals surface area contributed by atoms with Crippen molar-refractivity contribution in [3.8, 4) is 0 Å². The zero-order chi connectivity index (χ0) is 21.0. The molecule has 0 atom stereocenters. The van der Waals surface area contributed by atoms with Crippen LogP contribution in [0.5, 0.6) is 0 Å². The lowest BCUT2D eigenvalue weighted by atomic mass is 10.1. The number of hydrogen-bond acceptors (Lipinski definition) is 3. The van der Waals surface area contributed by atoms with Crippen molar-refractivity contribution in [3.63, 3.8) is 0 Å². The molecule has 0 radical (unpaired) electrons. The summed E-state index contributed by atoms with van der Waals surface area (Å²) < 4.78 is 1.89. The molecule has 0 fully saturated rings. The highest BCUT2D eigenvalue weighted by atomic mass is 16.1. The van der Waals surface area contributed by atoms with Crippen LogP contribution < -0.4 is 16.0 Å². The highest BCUT2D eigenvalue weighted by molar-refractivity contribution is 5.86. The molecule has 30 heavy (non-hydrogen) atoms. The zero-order valence-corrected chi connectivity index (χ0v) is 17.2. The van der Waals surface area contributed by atoms with Crippen LogP contribution in [0.25, 0.3) is 0 Å². The van der Waals surface area contributed by atoms with Gasteiger partial charge in [0.2, 0.25) is 5.91 Å². The van der Waals surface area contributed by atoms with E-state index in [1.807, 2.05) is 66.3 Å². The number of aliphatic imine (C=N–C) groups is 1. The number of rotatable bonds is 9. The van der Waals surface area contributed by atoms with Gasteiger partial charge in [0.1, 0.15) is 0 Å². The van der Waals surface area contributed by atoms with Crippen LogP contribution >= 0.6 is 0 Å². The summed E-state index contributed by atoms with van der Waals surface area (Å²) >= 11 is 0. The standard InChI is InChI=1S/C23H28N6O/c1-2-24-23(27-17-22(30)25-15-19-9-4-3-5-10-19)26-16-20-11-6-7-12-21(20)18-29-14-8-13-28-29/h3-14H,2,15-18H2,1H3,(H,25,30)(H2,24,26,27). The van der Waals surface area contributed by atoms with Crippen molar-refractivity contribution < 1.29 is 4.79 Å². The molecule has 7 heteroatoms. The van der Waals surface area contributed by atoms with Gasteiger partial charge in [0.25, 0.3) is 0 Å². The van der Waals surface area contributed by atoms with Crippen LogP contribution in [-0.4, -0.2) is 34.7 Å². The SMILES string of the molecule is CCNC(=NCc1ccccc1Cn1cccn1)NCC(=O)NCc1ccccc1. The normalized spacial score (nSPS) is 11.2. The van der Waals surface area contributed by atoms with Crippen LogP contribution in [0.15, 0.2) is 78.0 Å². The molecular weight excluding hydrogens is 376 g/mol. The van der Waals surface area contributed by atoms with Gasteiger partial charge in [-0.25, -0.2) is 4.99 Å². The average Bonchev–Trinajstić information content (AvgIpc) is 3.29. The van der Waals surface area contributed by atoms with Gasteiger partial charge in [0, 0.05) is 25.5 Å². The van der Waals surface area contributed by atoms with Crippen molar-refractivity contribution in [2.45, 2.75) is 26.6 Å². The predicted molar refractivity (Wildman–Crippen MR) is 119 cm³/mol. The number of carbonyl (C=O) groups excluding carboxylic acids is 1. The second-order valence-electron chi connectivity index (χ2n) is 6.78. The number of aromatic nitrogens is 2. The Balaban J connectivity index is 1.55. The molecule has 156 valence electrons. The molecule has 1 amide bonds. The molecule has 0 unspecified atom stereocenters. The number of nitrogens with one attached hydrogen (secondary N) is 3. The van der Waals surface area contributed by atoms with Crippen molar-refractivity contribution in [2.24, 2.45) is 4.99 Å². The van der Waals surface area contributed by atoms with E-state index < -0.39 is 0 Å². The fourth-order valence-electron chi connectivity index (χ4n) is 2.96. The van der Waals surface area contributed by atoms with Crippen LogP contribution in [0.3, 0.4) is 0 Å². The topological polar surface area (TPSA) is 83.3 Å². The van der Waals surface area contributed by atoms with Crippen molar-refractivity contribution in [3.05, 3.63) is 89.7 Å². The fraction of sp³-hybridized carbons (Fsp3) is 0.261. The first-order valence-corrected chi connectivity index (χ1v) is 10.1. The number of guanidine groups is 1. The van der Waals surface area contributed by atoms with E-state index in [4.69, 9.17) is 0 Å². The van der Waals surface area contributed by atoms with Crippen molar-refractivity contribution in [2.75, 3.05) is 13.1 Å². The summed E-state index contributed by atoms with van der Waals surface area (Å²) in [6, 6.07) is 19.9. The summed E-state index contributed by atoms with van der Waals surface area (Å²) in [7, 11) is 0. The molecule has 0 saturated carbocycles. The maximum absolute atomic E-state index is 12.2. The minimum absolute atomic E-state index is 0.0801. The van der Waals surface area contributed by atoms with Crippen molar-refractivity contribution in [1.82, 2.24) is 25.7 Å². The largest absolute Gasteiger partial charge is 0.357 e. The number of benzene rings is 2. The van der Waals surface area contributed by atoms with Gasteiger partial charge in [0.05, 0.1) is 19.6 Å². The van der Waals surface area contributed by atoms with Crippen LogP contribution in [0.1, 0.15) is 23.6 Å².